The van der Waals surface area contributed by atoms with Gasteiger partial charge in [-0.15, -0.1) is 0 Å². The van der Waals surface area contributed by atoms with Crippen molar-refractivity contribution in [3.63, 3.8) is 0 Å². The van der Waals surface area contributed by atoms with Crippen LogP contribution in [0.3, 0.4) is 0 Å². The Bertz CT molecular complexity index is 653. The molecule has 0 amide bonds. The van der Waals surface area contributed by atoms with E-state index < -0.39 is 6.10 Å². The number of aliphatic hydroxyl groups is 1. The molecule has 0 fully saturated rings. The lowest BCUT2D eigenvalue weighted by molar-refractivity contribution is 0.195. The summed E-state index contributed by atoms with van der Waals surface area (Å²) in [6.45, 7) is 7.18. The fourth-order valence-electron chi connectivity index (χ4n) is 2.15. The summed E-state index contributed by atoms with van der Waals surface area (Å²) in [7, 11) is 0. The zero-order valence-electron chi connectivity index (χ0n) is 12.8. The maximum Gasteiger partial charge on any atom is 0.148 e. The normalized spacial score (nSPS) is 12.3. The van der Waals surface area contributed by atoms with Gasteiger partial charge in [-0.05, 0) is 57.0 Å². The van der Waals surface area contributed by atoms with Gasteiger partial charge in [0.1, 0.15) is 17.3 Å². The number of hydrogen-bond acceptors (Lipinski definition) is 3. The van der Waals surface area contributed by atoms with E-state index in [-0.39, 0.29) is 5.82 Å². The smallest absolute Gasteiger partial charge is 0.148 e. The van der Waals surface area contributed by atoms with Crippen LogP contribution in [0.15, 0.2) is 24.3 Å². The van der Waals surface area contributed by atoms with E-state index in [1.165, 1.54) is 6.07 Å². The summed E-state index contributed by atoms with van der Waals surface area (Å²) in [6.07, 6.45) is -0.0696. The van der Waals surface area contributed by atoms with Crippen LogP contribution in [-0.4, -0.2) is 10.1 Å². The first kappa shape index (κ1) is 15.4. The Hall–Kier alpha value is -1.94. The summed E-state index contributed by atoms with van der Waals surface area (Å²) >= 11 is 0. The Morgan fingerprint density at radius 1 is 1.24 bits per heavy atom. The number of aromatic nitrogens is 1. The Labute approximate surface area is 124 Å². The summed E-state index contributed by atoms with van der Waals surface area (Å²) in [5.74, 6) is 0.747. The molecule has 0 unspecified atom stereocenters. The lowest BCUT2D eigenvalue weighted by Gasteiger charge is -2.16. The minimum Gasteiger partial charge on any atom is -0.455 e. The number of aryl methyl sites for hydroxylation is 3. The fraction of sp³-hybridized carbons (Fsp3) is 0.353. The van der Waals surface area contributed by atoms with Gasteiger partial charge in [0.2, 0.25) is 0 Å². The van der Waals surface area contributed by atoms with Crippen LogP contribution in [0.2, 0.25) is 0 Å². The van der Waals surface area contributed by atoms with Gasteiger partial charge in [-0.25, -0.2) is 4.39 Å². The van der Waals surface area contributed by atoms with Crippen LogP contribution in [0.1, 0.15) is 42.5 Å². The quantitative estimate of drug-likeness (QED) is 0.915. The topological polar surface area (TPSA) is 42.4 Å². The highest BCUT2D eigenvalue weighted by atomic mass is 19.1. The van der Waals surface area contributed by atoms with Gasteiger partial charge in [-0.3, -0.25) is 4.98 Å². The van der Waals surface area contributed by atoms with Gasteiger partial charge in [0.15, 0.2) is 0 Å². The molecule has 0 saturated carbocycles. The number of ether oxygens (including phenoxy) is 1. The van der Waals surface area contributed by atoms with Crippen LogP contribution in [-0.2, 0) is 6.42 Å². The van der Waals surface area contributed by atoms with E-state index in [4.69, 9.17) is 4.74 Å². The van der Waals surface area contributed by atoms with E-state index in [0.717, 1.165) is 17.8 Å². The van der Waals surface area contributed by atoms with Crippen molar-refractivity contribution in [2.75, 3.05) is 0 Å². The van der Waals surface area contributed by atoms with E-state index in [1.807, 2.05) is 26.0 Å². The average Bonchev–Trinajstić information content (AvgIpc) is 2.44. The molecule has 1 N–H and O–H groups in total. The molecule has 0 radical (unpaired) electrons. The number of benzene rings is 1. The number of rotatable bonds is 4. The molecule has 1 aromatic heterocycles. The largest absolute Gasteiger partial charge is 0.455 e. The first-order chi connectivity index (χ1) is 9.92. The number of aliphatic hydroxyl groups excluding tert-OH is 1. The van der Waals surface area contributed by atoms with Gasteiger partial charge in [0.25, 0.3) is 0 Å². The lowest BCUT2D eigenvalue weighted by atomic mass is 10.1. The van der Waals surface area contributed by atoms with Gasteiger partial charge >= 0.3 is 0 Å². The van der Waals surface area contributed by atoms with Crippen LogP contribution in [0.5, 0.6) is 11.5 Å². The molecule has 3 nitrogen and oxygen atoms in total. The fourth-order valence-corrected chi connectivity index (χ4v) is 2.15. The van der Waals surface area contributed by atoms with Gasteiger partial charge < -0.3 is 9.84 Å². The van der Waals surface area contributed by atoms with Crippen molar-refractivity contribution < 1.29 is 14.2 Å². The monoisotopic (exact) mass is 289 g/mol. The van der Waals surface area contributed by atoms with Gasteiger partial charge in [0.05, 0.1) is 11.8 Å². The highest BCUT2D eigenvalue weighted by Crippen LogP contribution is 2.33. The number of pyridine rings is 1. The summed E-state index contributed by atoms with van der Waals surface area (Å²) in [5, 5.41) is 9.81. The molecule has 0 aliphatic carbocycles. The highest BCUT2D eigenvalue weighted by molar-refractivity contribution is 5.43. The molecular formula is C17H20FNO2. The standard InChI is InChI=1S/C17H20FNO2/c1-5-15-16(7-6-11(3)19-15)21-17-8-10(2)14(18)9-13(17)12(4)20/h6-9,12,20H,5H2,1-4H3/t12-/m1/s1. The number of hydrogen-bond donors (Lipinski definition) is 1. The van der Waals surface area contributed by atoms with E-state index in [1.54, 1.807) is 19.9 Å². The zero-order chi connectivity index (χ0) is 15.6. The van der Waals surface area contributed by atoms with Crippen LogP contribution >= 0.6 is 0 Å². The molecule has 1 atom stereocenters. The second kappa shape index (κ2) is 6.22. The third kappa shape index (κ3) is 3.39. The molecule has 0 spiro atoms. The molecule has 1 heterocycles. The van der Waals surface area contributed by atoms with E-state index in [2.05, 4.69) is 4.98 Å². The van der Waals surface area contributed by atoms with E-state index >= 15 is 0 Å². The molecule has 0 aliphatic rings. The molecule has 4 heteroatoms. The van der Waals surface area contributed by atoms with Crippen molar-refractivity contribution in [3.05, 3.63) is 52.6 Å². The summed E-state index contributed by atoms with van der Waals surface area (Å²) in [4.78, 5) is 4.44. The van der Waals surface area contributed by atoms with Crippen molar-refractivity contribution >= 4 is 0 Å². The third-order valence-corrected chi connectivity index (χ3v) is 3.37. The van der Waals surface area contributed by atoms with E-state index in [0.29, 0.717) is 22.6 Å². The first-order valence-corrected chi connectivity index (χ1v) is 7.04. The third-order valence-electron chi connectivity index (χ3n) is 3.37. The second-order valence-corrected chi connectivity index (χ2v) is 5.17. The second-order valence-electron chi connectivity index (χ2n) is 5.17. The van der Waals surface area contributed by atoms with Crippen LogP contribution in [0, 0.1) is 19.7 Å². The predicted octanol–water partition coefficient (Wildman–Crippen LogP) is 4.25. The van der Waals surface area contributed by atoms with Crippen molar-refractivity contribution in [1.29, 1.82) is 0 Å². The Morgan fingerprint density at radius 3 is 2.57 bits per heavy atom. The van der Waals surface area contributed by atoms with Crippen molar-refractivity contribution in [2.24, 2.45) is 0 Å². The van der Waals surface area contributed by atoms with Crippen LogP contribution in [0.4, 0.5) is 4.39 Å². The Balaban J connectivity index is 2.46. The number of nitrogens with zero attached hydrogens (tertiary/aromatic N) is 1. The Morgan fingerprint density at radius 2 is 1.95 bits per heavy atom. The average molecular weight is 289 g/mol. The van der Waals surface area contributed by atoms with Crippen molar-refractivity contribution in [2.45, 2.75) is 40.2 Å². The van der Waals surface area contributed by atoms with Gasteiger partial charge in [-0.1, -0.05) is 6.92 Å². The lowest BCUT2D eigenvalue weighted by Crippen LogP contribution is -2.01. The molecule has 21 heavy (non-hydrogen) atoms. The molecule has 0 bridgehead atoms. The minimum atomic E-state index is -0.807. The Kier molecular flexibility index (Phi) is 4.58. The highest BCUT2D eigenvalue weighted by Gasteiger charge is 2.15. The van der Waals surface area contributed by atoms with Gasteiger partial charge in [0, 0.05) is 11.3 Å². The first-order valence-electron chi connectivity index (χ1n) is 7.04. The number of halogens is 1. The summed E-state index contributed by atoms with van der Waals surface area (Å²) in [5.41, 5.74) is 2.67. The molecular weight excluding hydrogens is 269 g/mol. The maximum atomic E-state index is 13.7. The summed E-state index contributed by atoms with van der Waals surface area (Å²) < 4.78 is 19.6. The van der Waals surface area contributed by atoms with Crippen LogP contribution in [0.25, 0.3) is 0 Å². The molecule has 2 rings (SSSR count). The molecule has 1 aromatic carbocycles. The molecule has 112 valence electrons. The summed E-state index contributed by atoms with van der Waals surface area (Å²) in [6, 6.07) is 6.65. The minimum absolute atomic E-state index is 0.351. The van der Waals surface area contributed by atoms with E-state index in [9.17, 15) is 9.50 Å². The molecule has 0 aliphatic heterocycles. The van der Waals surface area contributed by atoms with Crippen molar-refractivity contribution in [1.82, 2.24) is 4.98 Å². The van der Waals surface area contributed by atoms with Crippen molar-refractivity contribution in [3.8, 4) is 11.5 Å². The van der Waals surface area contributed by atoms with Gasteiger partial charge in [-0.2, -0.15) is 0 Å². The maximum absolute atomic E-state index is 13.7. The zero-order valence-corrected chi connectivity index (χ0v) is 12.8. The predicted molar refractivity (Wildman–Crippen MR) is 80.2 cm³/mol. The SMILES string of the molecule is CCc1nc(C)ccc1Oc1cc(C)c(F)cc1[C@@H](C)O. The molecule has 2 aromatic rings. The van der Waals surface area contributed by atoms with Crippen LogP contribution < -0.4 is 4.74 Å². The molecule has 0 saturated heterocycles.